The summed E-state index contributed by atoms with van der Waals surface area (Å²) in [6.07, 6.45) is 0. The standard InChI is InChI=1S/C17H19N/c1-13-7-6-10-16-17(13)14(2)11-18(16)12-15-8-4-3-5-9-15/h3-10,14H,11-12H2,1-2H3/t14-/m0/s1. The summed E-state index contributed by atoms with van der Waals surface area (Å²) in [6.45, 7) is 6.70. The lowest BCUT2D eigenvalue weighted by molar-refractivity contribution is 0.744. The third-order valence-corrected chi connectivity index (χ3v) is 3.85. The van der Waals surface area contributed by atoms with Crippen LogP contribution in [0.3, 0.4) is 0 Å². The molecule has 18 heavy (non-hydrogen) atoms. The predicted octanol–water partition coefficient (Wildman–Crippen LogP) is 4.12. The SMILES string of the molecule is Cc1cccc2c1[C@@H](C)CN2Cc1ccccc1. The van der Waals surface area contributed by atoms with E-state index in [-0.39, 0.29) is 0 Å². The van der Waals surface area contributed by atoms with Crippen LogP contribution in [0.5, 0.6) is 0 Å². The van der Waals surface area contributed by atoms with E-state index < -0.39 is 0 Å². The van der Waals surface area contributed by atoms with Crippen LogP contribution >= 0.6 is 0 Å². The second kappa shape index (κ2) is 4.49. The summed E-state index contributed by atoms with van der Waals surface area (Å²) in [4.78, 5) is 2.50. The minimum absolute atomic E-state index is 0.643. The molecule has 2 aromatic rings. The number of hydrogen-bond donors (Lipinski definition) is 0. The molecule has 1 heterocycles. The molecule has 1 aliphatic heterocycles. The number of benzene rings is 2. The largest absolute Gasteiger partial charge is 0.366 e. The quantitative estimate of drug-likeness (QED) is 0.759. The van der Waals surface area contributed by atoms with Crippen LogP contribution in [-0.4, -0.2) is 6.54 Å². The van der Waals surface area contributed by atoms with E-state index in [4.69, 9.17) is 0 Å². The molecule has 0 unspecified atom stereocenters. The first-order valence-electron chi connectivity index (χ1n) is 6.64. The van der Waals surface area contributed by atoms with Gasteiger partial charge in [-0.15, -0.1) is 0 Å². The maximum atomic E-state index is 2.50. The van der Waals surface area contributed by atoms with Crippen LogP contribution in [0.25, 0.3) is 0 Å². The van der Waals surface area contributed by atoms with E-state index >= 15 is 0 Å². The number of anilines is 1. The fourth-order valence-electron chi connectivity index (χ4n) is 3.06. The molecule has 0 saturated carbocycles. The van der Waals surface area contributed by atoms with Crippen LogP contribution in [0.15, 0.2) is 48.5 Å². The molecule has 0 N–H and O–H groups in total. The molecule has 2 aromatic carbocycles. The van der Waals surface area contributed by atoms with Gasteiger partial charge in [-0.05, 0) is 29.7 Å². The van der Waals surface area contributed by atoms with Gasteiger partial charge < -0.3 is 4.90 Å². The van der Waals surface area contributed by atoms with E-state index in [1.807, 2.05) is 0 Å². The number of hydrogen-bond acceptors (Lipinski definition) is 1. The van der Waals surface area contributed by atoms with Crippen LogP contribution in [0.2, 0.25) is 0 Å². The highest BCUT2D eigenvalue weighted by Crippen LogP contribution is 2.38. The Morgan fingerprint density at radius 2 is 1.83 bits per heavy atom. The van der Waals surface area contributed by atoms with Gasteiger partial charge in [-0.3, -0.25) is 0 Å². The number of rotatable bonds is 2. The molecule has 1 nitrogen and oxygen atoms in total. The second-order valence-corrected chi connectivity index (χ2v) is 5.27. The van der Waals surface area contributed by atoms with E-state index in [0.717, 1.165) is 13.1 Å². The van der Waals surface area contributed by atoms with E-state index in [1.54, 1.807) is 0 Å². The van der Waals surface area contributed by atoms with Gasteiger partial charge >= 0.3 is 0 Å². The van der Waals surface area contributed by atoms with Gasteiger partial charge in [0.2, 0.25) is 0 Å². The fourth-order valence-corrected chi connectivity index (χ4v) is 3.06. The number of fused-ring (bicyclic) bond motifs is 1. The van der Waals surface area contributed by atoms with Gasteiger partial charge in [-0.25, -0.2) is 0 Å². The maximum absolute atomic E-state index is 2.50. The van der Waals surface area contributed by atoms with Crippen molar-refractivity contribution in [2.45, 2.75) is 26.3 Å². The molecule has 0 radical (unpaired) electrons. The second-order valence-electron chi connectivity index (χ2n) is 5.27. The smallest absolute Gasteiger partial charge is 0.0429 e. The fraction of sp³-hybridized carbons (Fsp3) is 0.294. The van der Waals surface area contributed by atoms with Crippen molar-refractivity contribution >= 4 is 5.69 Å². The molecule has 0 saturated heterocycles. The van der Waals surface area contributed by atoms with Gasteiger partial charge in [0.1, 0.15) is 0 Å². The van der Waals surface area contributed by atoms with Crippen molar-refractivity contribution in [2.24, 2.45) is 0 Å². The van der Waals surface area contributed by atoms with Crippen molar-refractivity contribution in [2.75, 3.05) is 11.4 Å². The van der Waals surface area contributed by atoms with Crippen molar-refractivity contribution in [1.29, 1.82) is 0 Å². The number of aryl methyl sites for hydroxylation is 1. The molecule has 0 spiro atoms. The lowest BCUT2D eigenvalue weighted by Gasteiger charge is -2.19. The van der Waals surface area contributed by atoms with E-state index in [1.165, 1.54) is 22.4 Å². The average molecular weight is 237 g/mol. The third kappa shape index (κ3) is 1.90. The highest BCUT2D eigenvalue weighted by Gasteiger charge is 2.26. The first kappa shape index (κ1) is 11.3. The van der Waals surface area contributed by atoms with E-state index in [2.05, 4.69) is 67.3 Å². The minimum atomic E-state index is 0.643. The van der Waals surface area contributed by atoms with Crippen molar-refractivity contribution in [3.05, 3.63) is 65.2 Å². The van der Waals surface area contributed by atoms with E-state index in [9.17, 15) is 0 Å². The van der Waals surface area contributed by atoms with Crippen molar-refractivity contribution in [3.8, 4) is 0 Å². The summed E-state index contributed by atoms with van der Waals surface area (Å²) in [5.74, 6) is 0.643. The summed E-state index contributed by atoms with van der Waals surface area (Å²) < 4.78 is 0. The zero-order valence-electron chi connectivity index (χ0n) is 11.1. The molecule has 0 fully saturated rings. The average Bonchev–Trinajstić information content (AvgIpc) is 2.69. The summed E-state index contributed by atoms with van der Waals surface area (Å²) in [7, 11) is 0. The molecular formula is C17H19N. The Morgan fingerprint density at radius 3 is 2.61 bits per heavy atom. The molecule has 1 heteroatoms. The Hall–Kier alpha value is -1.76. The van der Waals surface area contributed by atoms with Crippen LogP contribution < -0.4 is 4.90 Å². The minimum Gasteiger partial charge on any atom is -0.366 e. The van der Waals surface area contributed by atoms with Crippen LogP contribution in [-0.2, 0) is 6.54 Å². The molecule has 3 rings (SSSR count). The maximum Gasteiger partial charge on any atom is 0.0429 e. The Balaban J connectivity index is 1.92. The molecule has 92 valence electrons. The normalized spacial score (nSPS) is 17.9. The van der Waals surface area contributed by atoms with Gasteiger partial charge in [0.25, 0.3) is 0 Å². The van der Waals surface area contributed by atoms with Gasteiger partial charge in [0.15, 0.2) is 0 Å². The lowest BCUT2D eigenvalue weighted by atomic mass is 9.98. The molecule has 1 atom stereocenters. The molecular weight excluding hydrogens is 218 g/mol. The van der Waals surface area contributed by atoms with Crippen LogP contribution in [0.4, 0.5) is 5.69 Å². The highest BCUT2D eigenvalue weighted by molar-refractivity contribution is 5.62. The highest BCUT2D eigenvalue weighted by atomic mass is 15.2. The molecule has 0 amide bonds. The van der Waals surface area contributed by atoms with Crippen molar-refractivity contribution in [3.63, 3.8) is 0 Å². The van der Waals surface area contributed by atoms with Crippen molar-refractivity contribution < 1.29 is 0 Å². The van der Waals surface area contributed by atoms with E-state index in [0.29, 0.717) is 5.92 Å². The van der Waals surface area contributed by atoms with Gasteiger partial charge in [-0.2, -0.15) is 0 Å². The summed E-state index contributed by atoms with van der Waals surface area (Å²) >= 11 is 0. The Kier molecular flexibility index (Phi) is 2.83. The monoisotopic (exact) mass is 237 g/mol. The van der Waals surface area contributed by atoms with Gasteiger partial charge in [0.05, 0.1) is 0 Å². The van der Waals surface area contributed by atoms with Crippen molar-refractivity contribution in [1.82, 2.24) is 0 Å². The van der Waals surface area contributed by atoms with Crippen LogP contribution in [0, 0.1) is 6.92 Å². The topological polar surface area (TPSA) is 3.24 Å². The number of nitrogens with zero attached hydrogens (tertiary/aromatic N) is 1. The summed E-state index contributed by atoms with van der Waals surface area (Å²) in [5.41, 5.74) is 5.77. The first-order chi connectivity index (χ1) is 8.75. The molecule has 0 aliphatic carbocycles. The zero-order valence-corrected chi connectivity index (χ0v) is 11.1. The zero-order chi connectivity index (χ0) is 12.5. The molecule has 1 aliphatic rings. The lowest BCUT2D eigenvalue weighted by Crippen LogP contribution is -2.20. The predicted molar refractivity (Wildman–Crippen MR) is 77.1 cm³/mol. The Morgan fingerprint density at radius 1 is 1.06 bits per heavy atom. The first-order valence-corrected chi connectivity index (χ1v) is 6.64. The van der Waals surface area contributed by atoms with Gasteiger partial charge in [0, 0.05) is 24.7 Å². The van der Waals surface area contributed by atoms with Crippen LogP contribution in [0.1, 0.15) is 29.5 Å². The molecule has 0 aromatic heterocycles. The summed E-state index contributed by atoms with van der Waals surface area (Å²) in [6, 6.07) is 17.4. The summed E-state index contributed by atoms with van der Waals surface area (Å²) in [5, 5.41) is 0. The molecule has 0 bridgehead atoms. The third-order valence-electron chi connectivity index (χ3n) is 3.85. The van der Waals surface area contributed by atoms with Gasteiger partial charge in [-0.1, -0.05) is 49.4 Å². The Bertz CT molecular complexity index is 545. The Labute approximate surface area is 109 Å².